The van der Waals surface area contributed by atoms with Gasteiger partial charge in [0.2, 0.25) is 5.95 Å². The lowest BCUT2D eigenvalue weighted by Gasteiger charge is -2.19. The summed E-state index contributed by atoms with van der Waals surface area (Å²) in [6.07, 6.45) is 1.21. The van der Waals surface area contributed by atoms with E-state index in [1.54, 1.807) is 6.07 Å². The third-order valence-corrected chi connectivity index (χ3v) is 3.38. The zero-order chi connectivity index (χ0) is 11.7. The number of hydrogen-bond donors (Lipinski definition) is 1. The molecule has 1 unspecified atom stereocenters. The molecule has 2 N–H and O–H groups in total. The predicted molar refractivity (Wildman–Crippen MR) is 66.6 cm³/mol. The Kier molecular flexibility index (Phi) is 3.19. The molecule has 1 fully saturated rings. The summed E-state index contributed by atoms with van der Waals surface area (Å²) in [5.74, 6) is 2.53. The summed E-state index contributed by atoms with van der Waals surface area (Å²) in [6.45, 7) is 6.57. The fourth-order valence-electron chi connectivity index (χ4n) is 2.12. The highest BCUT2D eigenvalue weighted by molar-refractivity contribution is 6.29. The maximum absolute atomic E-state index is 5.87. The van der Waals surface area contributed by atoms with E-state index in [-0.39, 0.29) is 5.95 Å². The SMILES string of the molecule is CC(C)C1CCN(c2cc(Cl)nc(N)n2)C1. The fourth-order valence-corrected chi connectivity index (χ4v) is 2.31. The molecule has 0 aromatic carbocycles. The molecule has 0 amide bonds. The highest BCUT2D eigenvalue weighted by Crippen LogP contribution is 2.28. The van der Waals surface area contributed by atoms with E-state index in [1.807, 2.05) is 0 Å². The number of nitrogen functional groups attached to an aromatic ring is 1. The summed E-state index contributed by atoms with van der Waals surface area (Å²) < 4.78 is 0. The first-order valence-electron chi connectivity index (χ1n) is 5.61. The molecule has 0 saturated carbocycles. The van der Waals surface area contributed by atoms with Gasteiger partial charge < -0.3 is 10.6 Å². The number of rotatable bonds is 2. The second-order valence-electron chi connectivity index (χ2n) is 4.65. The molecule has 1 saturated heterocycles. The molecule has 1 aliphatic heterocycles. The van der Waals surface area contributed by atoms with Crippen LogP contribution in [0.1, 0.15) is 20.3 Å². The van der Waals surface area contributed by atoms with E-state index in [1.165, 1.54) is 6.42 Å². The Balaban J connectivity index is 2.14. The van der Waals surface area contributed by atoms with Gasteiger partial charge in [-0.25, -0.2) is 4.98 Å². The van der Waals surface area contributed by atoms with Gasteiger partial charge in [-0.15, -0.1) is 0 Å². The van der Waals surface area contributed by atoms with Gasteiger partial charge in [0.15, 0.2) is 0 Å². The minimum atomic E-state index is 0.246. The molecule has 2 rings (SSSR count). The van der Waals surface area contributed by atoms with E-state index in [9.17, 15) is 0 Å². The van der Waals surface area contributed by atoms with Gasteiger partial charge in [0.1, 0.15) is 11.0 Å². The Morgan fingerprint density at radius 3 is 2.81 bits per heavy atom. The van der Waals surface area contributed by atoms with Crippen LogP contribution in [0.4, 0.5) is 11.8 Å². The van der Waals surface area contributed by atoms with E-state index in [0.29, 0.717) is 11.1 Å². The molecule has 1 aromatic rings. The fraction of sp³-hybridized carbons (Fsp3) is 0.636. The molecule has 16 heavy (non-hydrogen) atoms. The summed E-state index contributed by atoms with van der Waals surface area (Å²) in [5.41, 5.74) is 5.59. The van der Waals surface area contributed by atoms with Gasteiger partial charge in [-0.2, -0.15) is 4.98 Å². The van der Waals surface area contributed by atoms with Crippen LogP contribution in [0, 0.1) is 11.8 Å². The first kappa shape index (κ1) is 11.5. The van der Waals surface area contributed by atoms with Crippen molar-refractivity contribution in [3.05, 3.63) is 11.2 Å². The van der Waals surface area contributed by atoms with Gasteiger partial charge in [-0.1, -0.05) is 25.4 Å². The van der Waals surface area contributed by atoms with Crippen LogP contribution in [0.2, 0.25) is 5.15 Å². The smallest absolute Gasteiger partial charge is 0.223 e. The number of aromatic nitrogens is 2. The van der Waals surface area contributed by atoms with Crippen molar-refractivity contribution in [3.8, 4) is 0 Å². The van der Waals surface area contributed by atoms with E-state index in [0.717, 1.165) is 24.8 Å². The van der Waals surface area contributed by atoms with Gasteiger partial charge in [-0.3, -0.25) is 0 Å². The monoisotopic (exact) mass is 240 g/mol. The van der Waals surface area contributed by atoms with Crippen molar-refractivity contribution in [2.45, 2.75) is 20.3 Å². The Hall–Kier alpha value is -1.03. The molecule has 1 aromatic heterocycles. The zero-order valence-electron chi connectivity index (χ0n) is 9.65. The quantitative estimate of drug-likeness (QED) is 0.806. The molecule has 88 valence electrons. The standard InChI is InChI=1S/C11H17ClN4/c1-7(2)8-3-4-16(6-8)10-5-9(12)14-11(13)15-10/h5,7-8H,3-4,6H2,1-2H3,(H2,13,14,15). The van der Waals surface area contributed by atoms with Crippen molar-refractivity contribution in [2.75, 3.05) is 23.7 Å². The number of nitrogens with two attached hydrogens (primary N) is 1. The highest BCUT2D eigenvalue weighted by Gasteiger charge is 2.26. The van der Waals surface area contributed by atoms with Crippen LogP contribution in [0.5, 0.6) is 0 Å². The normalized spacial score (nSPS) is 20.8. The molecule has 2 heterocycles. The molecular formula is C11H17ClN4. The maximum atomic E-state index is 5.87. The van der Waals surface area contributed by atoms with Gasteiger partial charge in [0.05, 0.1) is 0 Å². The van der Waals surface area contributed by atoms with Crippen LogP contribution in [-0.4, -0.2) is 23.1 Å². The summed E-state index contributed by atoms with van der Waals surface area (Å²) in [4.78, 5) is 10.3. The maximum Gasteiger partial charge on any atom is 0.223 e. The van der Waals surface area contributed by atoms with Gasteiger partial charge >= 0.3 is 0 Å². The second kappa shape index (κ2) is 4.45. The van der Waals surface area contributed by atoms with E-state index >= 15 is 0 Å². The van der Waals surface area contributed by atoms with Gasteiger partial charge in [0.25, 0.3) is 0 Å². The Morgan fingerprint density at radius 2 is 2.25 bits per heavy atom. The average Bonchev–Trinajstić information content (AvgIpc) is 2.64. The van der Waals surface area contributed by atoms with Crippen molar-refractivity contribution in [1.82, 2.24) is 9.97 Å². The van der Waals surface area contributed by atoms with Crippen LogP contribution in [-0.2, 0) is 0 Å². The minimum absolute atomic E-state index is 0.246. The second-order valence-corrected chi connectivity index (χ2v) is 5.03. The zero-order valence-corrected chi connectivity index (χ0v) is 10.4. The number of anilines is 2. The lowest BCUT2D eigenvalue weighted by Crippen LogP contribution is -2.22. The summed E-state index contributed by atoms with van der Waals surface area (Å²) >= 11 is 5.87. The summed E-state index contributed by atoms with van der Waals surface area (Å²) in [6, 6.07) is 1.78. The third kappa shape index (κ3) is 2.38. The van der Waals surface area contributed by atoms with Crippen LogP contribution < -0.4 is 10.6 Å². The molecule has 0 radical (unpaired) electrons. The number of nitrogens with zero attached hydrogens (tertiary/aromatic N) is 3. The van der Waals surface area contributed by atoms with Gasteiger partial charge in [-0.05, 0) is 18.3 Å². The number of hydrogen-bond acceptors (Lipinski definition) is 4. The van der Waals surface area contributed by atoms with Crippen molar-refractivity contribution in [2.24, 2.45) is 11.8 Å². The van der Waals surface area contributed by atoms with Crippen molar-refractivity contribution in [1.29, 1.82) is 0 Å². The Morgan fingerprint density at radius 1 is 1.50 bits per heavy atom. The molecular weight excluding hydrogens is 224 g/mol. The van der Waals surface area contributed by atoms with Crippen LogP contribution >= 0.6 is 11.6 Å². The Labute approximate surface area is 101 Å². The largest absolute Gasteiger partial charge is 0.368 e. The Bertz CT molecular complexity index is 360. The lowest BCUT2D eigenvalue weighted by molar-refractivity contribution is 0.422. The predicted octanol–water partition coefficient (Wildman–Crippen LogP) is 2.19. The van der Waals surface area contributed by atoms with Crippen LogP contribution in [0.15, 0.2) is 6.07 Å². The first-order chi connectivity index (χ1) is 7.56. The van der Waals surface area contributed by atoms with E-state index in [2.05, 4.69) is 28.7 Å². The summed E-state index contributed by atoms with van der Waals surface area (Å²) in [5, 5.41) is 0.412. The molecule has 0 spiro atoms. The van der Waals surface area contributed by atoms with E-state index < -0.39 is 0 Å². The highest BCUT2D eigenvalue weighted by atomic mass is 35.5. The third-order valence-electron chi connectivity index (χ3n) is 3.19. The topological polar surface area (TPSA) is 55.0 Å². The van der Waals surface area contributed by atoms with Crippen molar-refractivity contribution in [3.63, 3.8) is 0 Å². The molecule has 4 nitrogen and oxygen atoms in total. The van der Waals surface area contributed by atoms with Crippen LogP contribution in [0.3, 0.4) is 0 Å². The van der Waals surface area contributed by atoms with E-state index in [4.69, 9.17) is 17.3 Å². The molecule has 0 aliphatic carbocycles. The average molecular weight is 241 g/mol. The molecule has 1 atom stereocenters. The molecule has 0 bridgehead atoms. The lowest BCUT2D eigenvalue weighted by atomic mass is 9.95. The minimum Gasteiger partial charge on any atom is -0.368 e. The molecule has 1 aliphatic rings. The first-order valence-corrected chi connectivity index (χ1v) is 5.99. The van der Waals surface area contributed by atoms with Gasteiger partial charge in [0, 0.05) is 19.2 Å². The summed E-state index contributed by atoms with van der Waals surface area (Å²) in [7, 11) is 0. The molecule has 5 heteroatoms. The number of halogens is 1. The van der Waals surface area contributed by atoms with Crippen molar-refractivity contribution < 1.29 is 0 Å². The van der Waals surface area contributed by atoms with Crippen LogP contribution in [0.25, 0.3) is 0 Å². The van der Waals surface area contributed by atoms with Crippen molar-refractivity contribution >= 4 is 23.4 Å².